The van der Waals surface area contributed by atoms with Gasteiger partial charge >= 0.3 is 0 Å². The number of ether oxygens (including phenoxy) is 1. The Hall–Kier alpha value is -2.54. The van der Waals surface area contributed by atoms with Gasteiger partial charge in [-0.25, -0.2) is 0 Å². The van der Waals surface area contributed by atoms with Crippen LogP contribution in [0.15, 0.2) is 42.5 Å². The molecule has 1 aliphatic carbocycles. The van der Waals surface area contributed by atoms with Crippen molar-refractivity contribution in [2.75, 3.05) is 6.61 Å². The number of nitriles is 1. The SMILES string of the molecule is C=CCOc1ccccc1/C=C(\C#N)C(=O)NC1CCCCC1. The summed E-state index contributed by atoms with van der Waals surface area (Å²) in [6.07, 6.45) is 8.70. The van der Waals surface area contributed by atoms with Crippen molar-refractivity contribution in [3.05, 3.63) is 48.1 Å². The highest BCUT2D eigenvalue weighted by Gasteiger charge is 2.18. The molecule has 1 amide bonds. The maximum absolute atomic E-state index is 12.3. The van der Waals surface area contributed by atoms with E-state index in [0.717, 1.165) is 25.7 Å². The van der Waals surface area contributed by atoms with Crippen molar-refractivity contribution in [3.8, 4) is 11.8 Å². The zero-order chi connectivity index (χ0) is 16.5. The second-order valence-electron chi connectivity index (χ2n) is 5.62. The summed E-state index contributed by atoms with van der Waals surface area (Å²) in [6.45, 7) is 3.99. The van der Waals surface area contributed by atoms with Crippen molar-refractivity contribution in [1.82, 2.24) is 5.32 Å². The molecule has 0 saturated heterocycles. The van der Waals surface area contributed by atoms with Crippen LogP contribution in [0.1, 0.15) is 37.7 Å². The molecular weight excluding hydrogens is 288 g/mol. The average molecular weight is 310 g/mol. The van der Waals surface area contributed by atoms with Gasteiger partial charge in [0.25, 0.3) is 5.91 Å². The Bertz CT molecular complexity index is 623. The van der Waals surface area contributed by atoms with Crippen LogP contribution in [-0.2, 0) is 4.79 Å². The Morgan fingerprint density at radius 1 is 1.35 bits per heavy atom. The molecule has 1 aliphatic rings. The Morgan fingerprint density at radius 2 is 2.09 bits per heavy atom. The number of benzene rings is 1. The number of rotatable bonds is 6. The number of nitrogens with one attached hydrogen (secondary N) is 1. The third-order valence-corrected chi connectivity index (χ3v) is 3.88. The van der Waals surface area contributed by atoms with E-state index in [1.165, 1.54) is 6.42 Å². The lowest BCUT2D eigenvalue weighted by Crippen LogP contribution is -2.36. The summed E-state index contributed by atoms with van der Waals surface area (Å²) in [5.41, 5.74) is 0.815. The summed E-state index contributed by atoms with van der Waals surface area (Å²) in [5.74, 6) is 0.323. The zero-order valence-corrected chi connectivity index (χ0v) is 13.3. The summed E-state index contributed by atoms with van der Waals surface area (Å²) in [4.78, 5) is 12.3. The molecule has 1 saturated carbocycles. The highest BCUT2D eigenvalue weighted by atomic mass is 16.5. The van der Waals surface area contributed by atoms with Crippen LogP contribution in [0, 0.1) is 11.3 Å². The fourth-order valence-electron chi connectivity index (χ4n) is 2.69. The average Bonchev–Trinajstić information content (AvgIpc) is 2.59. The monoisotopic (exact) mass is 310 g/mol. The Balaban J connectivity index is 2.13. The molecule has 23 heavy (non-hydrogen) atoms. The Morgan fingerprint density at radius 3 is 2.78 bits per heavy atom. The fourth-order valence-corrected chi connectivity index (χ4v) is 2.69. The van der Waals surface area contributed by atoms with E-state index in [4.69, 9.17) is 4.74 Å². The van der Waals surface area contributed by atoms with E-state index >= 15 is 0 Å². The van der Waals surface area contributed by atoms with Crippen LogP contribution < -0.4 is 10.1 Å². The molecule has 0 spiro atoms. The minimum atomic E-state index is -0.307. The maximum atomic E-state index is 12.3. The number of nitrogens with zero attached hydrogens (tertiary/aromatic N) is 1. The standard InChI is InChI=1S/C19H22N2O2/c1-2-12-23-18-11-7-6-8-15(18)13-16(14-20)19(22)21-17-9-4-3-5-10-17/h2,6-8,11,13,17H,1,3-5,9-10,12H2,(H,21,22)/b16-13+. The van der Waals surface area contributed by atoms with Gasteiger partial charge in [0, 0.05) is 11.6 Å². The van der Waals surface area contributed by atoms with Crippen LogP contribution in [-0.4, -0.2) is 18.6 Å². The number of hydrogen-bond donors (Lipinski definition) is 1. The van der Waals surface area contributed by atoms with Gasteiger partial charge in [0.15, 0.2) is 0 Å². The molecule has 1 N–H and O–H groups in total. The van der Waals surface area contributed by atoms with E-state index < -0.39 is 0 Å². The molecule has 1 aromatic rings. The van der Waals surface area contributed by atoms with Crippen LogP contribution >= 0.6 is 0 Å². The highest BCUT2D eigenvalue weighted by molar-refractivity contribution is 6.02. The summed E-state index contributed by atoms with van der Waals surface area (Å²) in [5, 5.41) is 12.3. The fraction of sp³-hybridized carbons (Fsp3) is 0.368. The summed E-state index contributed by atoms with van der Waals surface area (Å²) >= 11 is 0. The minimum Gasteiger partial charge on any atom is -0.489 e. The predicted octanol–water partition coefficient (Wildman–Crippen LogP) is 3.61. The molecule has 4 nitrogen and oxygen atoms in total. The molecule has 0 unspecified atom stereocenters. The van der Waals surface area contributed by atoms with Gasteiger partial charge in [0.1, 0.15) is 24.0 Å². The van der Waals surface area contributed by atoms with E-state index in [2.05, 4.69) is 11.9 Å². The second-order valence-corrected chi connectivity index (χ2v) is 5.62. The minimum absolute atomic E-state index is 0.102. The smallest absolute Gasteiger partial charge is 0.262 e. The van der Waals surface area contributed by atoms with Crippen molar-refractivity contribution in [2.45, 2.75) is 38.1 Å². The topological polar surface area (TPSA) is 62.1 Å². The molecule has 2 rings (SSSR count). The first-order chi connectivity index (χ1) is 11.2. The lowest BCUT2D eigenvalue weighted by molar-refractivity contribution is -0.117. The third kappa shape index (κ3) is 5.00. The first-order valence-electron chi connectivity index (χ1n) is 8.00. The van der Waals surface area contributed by atoms with E-state index in [9.17, 15) is 10.1 Å². The molecule has 0 radical (unpaired) electrons. The summed E-state index contributed by atoms with van der Waals surface area (Å²) in [7, 11) is 0. The van der Waals surface area contributed by atoms with Crippen molar-refractivity contribution in [1.29, 1.82) is 5.26 Å². The van der Waals surface area contributed by atoms with Crippen molar-refractivity contribution < 1.29 is 9.53 Å². The van der Waals surface area contributed by atoms with Gasteiger partial charge in [0.05, 0.1) is 0 Å². The maximum Gasteiger partial charge on any atom is 0.262 e. The number of carbonyl (C=O) groups is 1. The number of amides is 1. The zero-order valence-electron chi connectivity index (χ0n) is 13.3. The predicted molar refractivity (Wildman–Crippen MR) is 90.7 cm³/mol. The first kappa shape index (κ1) is 16.8. The summed E-state index contributed by atoms with van der Waals surface area (Å²) in [6, 6.07) is 9.51. The lowest BCUT2D eigenvalue weighted by Gasteiger charge is -2.22. The van der Waals surface area contributed by atoms with E-state index in [-0.39, 0.29) is 17.5 Å². The van der Waals surface area contributed by atoms with Gasteiger partial charge in [-0.15, -0.1) is 0 Å². The normalized spacial score (nSPS) is 15.5. The van der Waals surface area contributed by atoms with Gasteiger partial charge in [-0.3, -0.25) is 4.79 Å². The van der Waals surface area contributed by atoms with Gasteiger partial charge in [0.2, 0.25) is 0 Å². The third-order valence-electron chi connectivity index (χ3n) is 3.88. The van der Waals surface area contributed by atoms with Crippen LogP contribution in [0.4, 0.5) is 0 Å². The number of hydrogen-bond acceptors (Lipinski definition) is 3. The van der Waals surface area contributed by atoms with Crippen LogP contribution in [0.2, 0.25) is 0 Å². The van der Waals surface area contributed by atoms with Gasteiger partial charge in [-0.1, -0.05) is 50.1 Å². The van der Waals surface area contributed by atoms with Crippen molar-refractivity contribution >= 4 is 12.0 Å². The van der Waals surface area contributed by atoms with E-state index in [1.54, 1.807) is 12.2 Å². The highest BCUT2D eigenvalue weighted by Crippen LogP contribution is 2.22. The van der Waals surface area contributed by atoms with Crippen molar-refractivity contribution in [2.24, 2.45) is 0 Å². The molecular formula is C19H22N2O2. The van der Waals surface area contributed by atoms with E-state index in [0.29, 0.717) is 17.9 Å². The van der Waals surface area contributed by atoms with Crippen LogP contribution in [0.3, 0.4) is 0 Å². The molecule has 120 valence electrons. The molecule has 4 heteroatoms. The molecule has 0 bridgehead atoms. The summed E-state index contributed by atoms with van der Waals surface area (Å²) < 4.78 is 5.56. The van der Waals surface area contributed by atoms with Gasteiger partial charge < -0.3 is 10.1 Å². The molecule has 1 fully saturated rings. The number of carbonyl (C=O) groups excluding carboxylic acids is 1. The van der Waals surface area contributed by atoms with Crippen molar-refractivity contribution in [3.63, 3.8) is 0 Å². The molecule has 0 aliphatic heterocycles. The van der Waals surface area contributed by atoms with Gasteiger partial charge in [-0.2, -0.15) is 5.26 Å². The quantitative estimate of drug-likeness (QED) is 0.496. The second kappa shape index (κ2) is 8.79. The molecule has 1 aromatic carbocycles. The Kier molecular flexibility index (Phi) is 6.43. The lowest BCUT2D eigenvalue weighted by atomic mass is 9.95. The number of para-hydroxylation sites is 1. The Labute approximate surface area is 137 Å². The van der Waals surface area contributed by atoms with E-state index in [1.807, 2.05) is 30.3 Å². The first-order valence-corrected chi connectivity index (χ1v) is 8.00. The van der Waals surface area contributed by atoms with Gasteiger partial charge in [-0.05, 0) is 25.0 Å². The largest absolute Gasteiger partial charge is 0.489 e. The molecule has 0 heterocycles. The van der Waals surface area contributed by atoms with Crippen LogP contribution in [0.5, 0.6) is 5.75 Å². The molecule has 0 atom stereocenters. The molecule has 0 aromatic heterocycles. The van der Waals surface area contributed by atoms with Crippen LogP contribution in [0.25, 0.3) is 6.08 Å².